The van der Waals surface area contributed by atoms with Crippen molar-refractivity contribution in [3.63, 3.8) is 0 Å². The van der Waals surface area contributed by atoms with Gasteiger partial charge in [-0.05, 0) is 24.3 Å². The van der Waals surface area contributed by atoms with Gasteiger partial charge in [0.2, 0.25) is 5.91 Å². The van der Waals surface area contributed by atoms with Crippen molar-refractivity contribution in [2.24, 2.45) is 0 Å². The van der Waals surface area contributed by atoms with Crippen LogP contribution in [-0.4, -0.2) is 27.8 Å². The number of nitrogens with one attached hydrogen (secondary N) is 1. The second-order valence-electron chi connectivity index (χ2n) is 4.88. The highest BCUT2D eigenvalue weighted by Crippen LogP contribution is 2.24. The number of nitrogens with zero attached hydrogens (tertiary/aromatic N) is 2. The fraction of sp³-hybridized carbons (Fsp3) is 0.0588. The van der Waals surface area contributed by atoms with E-state index >= 15 is 0 Å². The normalized spacial score (nSPS) is 10.4. The summed E-state index contributed by atoms with van der Waals surface area (Å²) >= 11 is 0.960. The number of amides is 2. The lowest BCUT2D eigenvalue weighted by molar-refractivity contribution is -0.117. The first kappa shape index (κ1) is 16.8. The maximum atomic E-state index is 13.7. The van der Waals surface area contributed by atoms with Crippen LogP contribution in [-0.2, 0) is 4.79 Å². The lowest BCUT2D eigenvalue weighted by atomic mass is 10.2. The maximum absolute atomic E-state index is 13.7. The Balaban J connectivity index is 1.56. The number of carbonyl (C=O) groups excluding carboxylic acids is 2. The number of hydrogen-bond donors (Lipinski definition) is 1. The van der Waals surface area contributed by atoms with E-state index < -0.39 is 17.6 Å². The molecule has 8 heteroatoms. The first-order valence-electron chi connectivity index (χ1n) is 7.24. The van der Waals surface area contributed by atoms with E-state index in [9.17, 15) is 14.0 Å². The van der Waals surface area contributed by atoms with Crippen LogP contribution in [0.15, 0.2) is 64.2 Å². The molecule has 0 spiro atoms. The molecule has 0 aliphatic rings. The van der Waals surface area contributed by atoms with Crippen LogP contribution in [0.1, 0.15) is 10.4 Å². The molecule has 25 heavy (non-hydrogen) atoms. The Hall–Kier alpha value is -3.00. The Bertz CT molecular complexity index is 899. The predicted molar refractivity (Wildman–Crippen MR) is 89.3 cm³/mol. The SMILES string of the molecule is O=C(CSc1nnc(-c2ccccc2F)o1)NC(=O)c1ccccc1. The third-order valence-electron chi connectivity index (χ3n) is 3.13. The first-order valence-corrected chi connectivity index (χ1v) is 8.22. The number of halogens is 1. The Morgan fingerprint density at radius 1 is 1.04 bits per heavy atom. The van der Waals surface area contributed by atoms with E-state index in [1.54, 1.807) is 42.5 Å². The second kappa shape index (κ2) is 7.71. The average Bonchev–Trinajstić information content (AvgIpc) is 3.10. The Kier molecular flexibility index (Phi) is 5.20. The summed E-state index contributed by atoms with van der Waals surface area (Å²) in [5.74, 6) is -1.51. The zero-order valence-corrected chi connectivity index (χ0v) is 13.6. The van der Waals surface area contributed by atoms with Gasteiger partial charge in [-0.1, -0.05) is 42.1 Å². The molecule has 6 nitrogen and oxygen atoms in total. The van der Waals surface area contributed by atoms with Crippen LogP contribution in [0, 0.1) is 5.82 Å². The quantitative estimate of drug-likeness (QED) is 0.707. The van der Waals surface area contributed by atoms with Crippen LogP contribution in [0.3, 0.4) is 0 Å². The van der Waals surface area contributed by atoms with Gasteiger partial charge in [-0.3, -0.25) is 14.9 Å². The molecule has 3 aromatic rings. The highest BCUT2D eigenvalue weighted by molar-refractivity contribution is 7.99. The van der Waals surface area contributed by atoms with Crippen LogP contribution < -0.4 is 5.32 Å². The van der Waals surface area contributed by atoms with Gasteiger partial charge >= 0.3 is 0 Å². The summed E-state index contributed by atoms with van der Waals surface area (Å²) in [6, 6.07) is 14.4. The third-order valence-corrected chi connectivity index (χ3v) is 3.94. The van der Waals surface area contributed by atoms with E-state index in [2.05, 4.69) is 15.5 Å². The summed E-state index contributed by atoms with van der Waals surface area (Å²) in [6.07, 6.45) is 0. The molecule has 0 atom stereocenters. The lowest BCUT2D eigenvalue weighted by Crippen LogP contribution is -2.31. The zero-order chi connectivity index (χ0) is 17.6. The third kappa shape index (κ3) is 4.30. The van der Waals surface area contributed by atoms with E-state index in [1.165, 1.54) is 12.1 Å². The molecular formula is C17H12FN3O3S. The smallest absolute Gasteiger partial charge is 0.277 e. The number of carbonyl (C=O) groups is 2. The Morgan fingerprint density at radius 2 is 1.76 bits per heavy atom. The molecule has 1 N–H and O–H groups in total. The molecule has 2 aromatic carbocycles. The summed E-state index contributed by atoms with van der Waals surface area (Å²) in [5.41, 5.74) is 0.575. The second-order valence-corrected chi connectivity index (χ2v) is 5.81. The summed E-state index contributed by atoms with van der Waals surface area (Å²) in [4.78, 5) is 23.7. The number of aromatic nitrogens is 2. The lowest BCUT2D eigenvalue weighted by Gasteiger charge is -2.02. The number of hydrogen-bond acceptors (Lipinski definition) is 6. The number of rotatable bonds is 5. The topological polar surface area (TPSA) is 85.1 Å². The van der Waals surface area contributed by atoms with E-state index in [1.807, 2.05) is 0 Å². The van der Waals surface area contributed by atoms with Crippen molar-refractivity contribution < 1.29 is 18.4 Å². The minimum absolute atomic E-state index is 0.0290. The van der Waals surface area contributed by atoms with Crippen LogP contribution in [0.4, 0.5) is 4.39 Å². The molecule has 3 rings (SSSR count). The van der Waals surface area contributed by atoms with Gasteiger partial charge in [0.1, 0.15) is 5.82 Å². The molecule has 0 saturated carbocycles. The highest BCUT2D eigenvalue weighted by atomic mass is 32.2. The van der Waals surface area contributed by atoms with E-state index in [-0.39, 0.29) is 22.4 Å². The maximum Gasteiger partial charge on any atom is 0.277 e. The van der Waals surface area contributed by atoms with Crippen molar-refractivity contribution in [2.75, 3.05) is 5.75 Å². The van der Waals surface area contributed by atoms with Gasteiger partial charge in [0.25, 0.3) is 17.0 Å². The highest BCUT2D eigenvalue weighted by Gasteiger charge is 2.15. The molecule has 0 radical (unpaired) electrons. The number of benzene rings is 2. The molecular weight excluding hydrogens is 345 g/mol. The molecule has 1 heterocycles. The summed E-state index contributed by atoms with van der Waals surface area (Å²) in [5, 5.41) is 9.89. The number of thioether (sulfide) groups is 1. The molecule has 0 aliphatic heterocycles. The molecule has 0 bridgehead atoms. The van der Waals surface area contributed by atoms with Crippen LogP contribution in [0.25, 0.3) is 11.5 Å². The zero-order valence-electron chi connectivity index (χ0n) is 12.8. The van der Waals surface area contributed by atoms with Crippen LogP contribution >= 0.6 is 11.8 Å². The van der Waals surface area contributed by atoms with Crippen molar-refractivity contribution in [3.05, 3.63) is 66.0 Å². The van der Waals surface area contributed by atoms with Gasteiger partial charge in [0.05, 0.1) is 11.3 Å². The largest absolute Gasteiger partial charge is 0.411 e. The molecule has 0 saturated heterocycles. The van der Waals surface area contributed by atoms with Gasteiger partial charge < -0.3 is 4.42 Å². The predicted octanol–water partition coefficient (Wildman–Crippen LogP) is 2.92. The standard InChI is InChI=1S/C17H12FN3O3S/c18-13-9-5-4-8-12(13)16-20-21-17(24-16)25-10-14(22)19-15(23)11-6-2-1-3-7-11/h1-9H,10H2,(H,19,22,23). The molecule has 126 valence electrons. The molecule has 0 fully saturated rings. The molecule has 0 unspecified atom stereocenters. The van der Waals surface area contributed by atoms with Crippen molar-refractivity contribution in [2.45, 2.75) is 5.22 Å². The fourth-order valence-corrected chi connectivity index (χ4v) is 2.53. The summed E-state index contributed by atoms with van der Waals surface area (Å²) in [6.45, 7) is 0. The number of imide groups is 1. The summed E-state index contributed by atoms with van der Waals surface area (Å²) < 4.78 is 19.0. The van der Waals surface area contributed by atoms with E-state index in [0.717, 1.165) is 11.8 Å². The van der Waals surface area contributed by atoms with Gasteiger partial charge in [-0.25, -0.2) is 4.39 Å². The summed E-state index contributed by atoms with van der Waals surface area (Å²) in [7, 11) is 0. The van der Waals surface area contributed by atoms with Crippen molar-refractivity contribution >= 4 is 23.6 Å². The van der Waals surface area contributed by atoms with E-state index in [0.29, 0.717) is 5.56 Å². The van der Waals surface area contributed by atoms with Crippen LogP contribution in [0.5, 0.6) is 0 Å². The van der Waals surface area contributed by atoms with Crippen LogP contribution in [0.2, 0.25) is 0 Å². The van der Waals surface area contributed by atoms with Crippen molar-refractivity contribution in [3.8, 4) is 11.5 Å². The molecule has 2 amide bonds. The Labute approximate surface area is 146 Å². The van der Waals surface area contributed by atoms with Crippen molar-refractivity contribution in [1.82, 2.24) is 15.5 Å². The first-order chi connectivity index (χ1) is 12.1. The van der Waals surface area contributed by atoms with Gasteiger partial charge in [0, 0.05) is 5.56 Å². The Morgan fingerprint density at radius 3 is 2.52 bits per heavy atom. The minimum atomic E-state index is -0.496. The molecule has 0 aliphatic carbocycles. The fourth-order valence-electron chi connectivity index (χ4n) is 1.96. The molecule has 1 aromatic heterocycles. The average molecular weight is 357 g/mol. The van der Waals surface area contributed by atoms with Gasteiger partial charge in [-0.2, -0.15) is 0 Å². The van der Waals surface area contributed by atoms with Gasteiger partial charge in [-0.15, -0.1) is 10.2 Å². The van der Waals surface area contributed by atoms with E-state index in [4.69, 9.17) is 4.42 Å². The minimum Gasteiger partial charge on any atom is -0.411 e. The van der Waals surface area contributed by atoms with Gasteiger partial charge in [0.15, 0.2) is 0 Å². The van der Waals surface area contributed by atoms with Crippen molar-refractivity contribution in [1.29, 1.82) is 0 Å². The monoisotopic (exact) mass is 357 g/mol.